The molecule has 0 heterocycles. The van der Waals surface area contributed by atoms with Crippen molar-refractivity contribution in [3.63, 3.8) is 0 Å². The molecule has 0 unspecified atom stereocenters. The Bertz CT molecular complexity index is 284. The number of carbonyl (C=O) groups is 1. The Kier molecular flexibility index (Phi) is 2.33. The Balaban J connectivity index is 3.02. The van der Waals surface area contributed by atoms with Crippen LogP contribution in [0.25, 0.3) is 0 Å². The second-order valence-electron chi connectivity index (χ2n) is 2.54. The van der Waals surface area contributed by atoms with E-state index < -0.39 is 0 Å². The number of carbonyl (C=O) groups excluding carboxylic acids is 1. The van der Waals surface area contributed by atoms with Crippen LogP contribution in [0.3, 0.4) is 0 Å². The molecule has 0 spiro atoms. The Hall–Kier alpha value is -1.51. The molecule has 0 fully saturated rings. The smallest absolute Gasteiger partial charge is 0.166 e. The van der Waals surface area contributed by atoms with E-state index >= 15 is 0 Å². The molecule has 2 N–H and O–H groups in total. The summed E-state index contributed by atoms with van der Waals surface area (Å²) >= 11 is 0. The van der Waals surface area contributed by atoms with E-state index in [0.717, 1.165) is 0 Å². The highest BCUT2D eigenvalue weighted by atomic mass is 16.3. The fraction of sp³-hybridized carbons (Fsp3) is 0.222. The molecule has 0 saturated carbocycles. The highest BCUT2D eigenvalue weighted by Crippen LogP contribution is 2.21. The molecule has 12 heavy (non-hydrogen) atoms. The average Bonchev–Trinajstić information content (AvgIpc) is 2.06. The van der Waals surface area contributed by atoms with Gasteiger partial charge >= 0.3 is 0 Å². The number of hydrogen-bond acceptors (Lipinski definition) is 3. The van der Waals surface area contributed by atoms with E-state index in [1.165, 1.54) is 12.2 Å². The van der Waals surface area contributed by atoms with Gasteiger partial charge in [0.15, 0.2) is 17.3 Å². The van der Waals surface area contributed by atoms with Gasteiger partial charge in [-0.3, -0.25) is 4.79 Å². The Morgan fingerprint density at radius 1 is 1.58 bits per heavy atom. The molecule has 0 bridgehead atoms. The van der Waals surface area contributed by atoms with Gasteiger partial charge in [0, 0.05) is 12.0 Å². The summed E-state index contributed by atoms with van der Waals surface area (Å²) in [6.45, 7) is 3.45. The van der Waals surface area contributed by atoms with E-state index in [2.05, 4.69) is 6.58 Å². The molecule has 3 heteroatoms. The lowest BCUT2D eigenvalue weighted by molar-refractivity contribution is -0.115. The van der Waals surface area contributed by atoms with Gasteiger partial charge in [-0.25, -0.2) is 0 Å². The van der Waals surface area contributed by atoms with Gasteiger partial charge in [-0.1, -0.05) is 6.08 Å². The Morgan fingerprint density at radius 3 is 2.83 bits per heavy atom. The summed E-state index contributed by atoms with van der Waals surface area (Å²) in [5.41, 5.74) is 0.241. The average molecular weight is 166 g/mol. The number of rotatable bonds is 2. The molecular weight excluding hydrogens is 156 g/mol. The molecule has 0 aromatic heterocycles. The molecule has 0 aromatic rings. The zero-order chi connectivity index (χ0) is 9.14. The van der Waals surface area contributed by atoms with Crippen LogP contribution >= 0.6 is 0 Å². The molecule has 0 saturated heterocycles. The molecule has 3 nitrogen and oxygen atoms in total. The third kappa shape index (κ3) is 1.39. The SMILES string of the molecule is C=CCC1=C(O)C(O)=CCC1=O. The molecule has 0 atom stereocenters. The summed E-state index contributed by atoms with van der Waals surface area (Å²) < 4.78 is 0. The fourth-order valence-corrected chi connectivity index (χ4v) is 1.05. The number of allylic oxidation sites excluding steroid dienone is 3. The van der Waals surface area contributed by atoms with Crippen molar-refractivity contribution in [2.75, 3.05) is 0 Å². The summed E-state index contributed by atoms with van der Waals surface area (Å²) in [7, 11) is 0. The van der Waals surface area contributed by atoms with Crippen molar-refractivity contribution in [1.29, 1.82) is 0 Å². The van der Waals surface area contributed by atoms with Gasteiger partial charge in [0.25, 0.3) is 0 Å². The van der Waals surface area contributed by atoms with Gasteiger partial charge in [0.05, 0.1) is 0 Å². The lowest BCUT2D eigenvalue weighted by Crippen LogP contribution is -2.10. The maximum atomic E-state index is 11.1. The predicted molar refractivity (Wildman–Crippen MR) is 44.8 cm³/mol. The third-order valence-corrected chi connectivity index (χ3v) is 1.69. The largest absolute Gasteiger partial charge is 0.504 e. The summed E-state index contributed by atoms with van der Waals surface area (Å²) in [5.74, 6) is -0.692. The summed E-state index contributed by atoms with van der Waals surface area (Å²) in [6.07, 6.45) is 3.26. The van der Waals surface area contributed by atoms with Gasteiger partial charge < -0.3 is 10.2 Å². The molecule has 1 aliphatic carbocycles. The quantitative estimate of drug-likeness (QED) is 0.615. The minimum Gasteiger partial charge on any atom is -0.504 e. The van der Waals surface area contributed by atoms with Crippen molar-refractivity contribution in [3.05, 3.63) is 35.8 Å². The Labute approximate surface area is 70.3 Å². The lowest BCUT2D eigenvalue weighted by Gasteiger charge is -2.11. The second-order valence-corrected chi connectivity index (χ2v) is 2.54. The molecule has 0 radical (unpaired) electrons. The van der Waals surface area contributed by atoms with Crippen molar-refractivity contribution < 1.29 is 15.0 Å². The van der Waals surface area contributed by atoms with Gasteiger partial charge in [0.1, 0.15) is 0 Å². The van der Waals surface area contributed by atoms with E-state index in [9.17, 15) is 9.90 Å². The zero-order valence-corrected chi connectivity index (χ0v) is 6.58. The maximum Gasteiger partial charge on any atom is 0.166 e. The first-order chi connectivity index (χ1) is 5.66. The summed E-state index contributed by atoms with van der Waals surface area (Å²) in [5, 5.41) is 18.3. The number of Topliss-reactive ketones (excluding diaryl/α,β-unsaturated/α-hetero) is 1. The molecular formula is C9H10O3. The number of hydrogen-bond donors (Lipinski definition) is 2. The van der Waals surface area contributed by atoms with E-state index in [-0.39, 0.29) is 29.3 Å². The lowest BCUT2D eigenvalue weighted by atomic mass is 9.98. The normalized spacial score (nSPS) is 17.7. The van der Waals surface area contributed by atoms with Gasteiger partial charge in [-0.2, -0.15) is 0 Å². The maximum absolute atomic E-state index is 11.1. The first kappa shape index (κ1) is 8.59. The van der Waals surface area contributed by atoms with Crippen LogP contribution in [-0.4, -0.2) is 16.0 Å². The van der Waals surface area contributed by atoms with Crippen LogP contribution < -0.4 is 0 Å². The highest BCUT2D eigenvalue weighted by molar-refractivity contribution is 5.98. The number of aliphatic hydroxyl groups is 2. The van der Waals surface area contributed by atoms with Crippen LogP contribution in [0, 0.1) is 0 Å². The van der Waals surface area contributed by atoms with Crippen LogP contribution in [-0.2, 0) is 4.79 Å². The molecule has 0 aromatic carbocycles. The number of ketones is 1. The van der Waals surface area contributed by atoms with Crippen LogP contribution in [0.5, 0.6) is 0 Å². The van der Waals surface area contributed by atoms with E-state index in [1.807, 2.05) is 0 Å². The van der Waals surface area contributed by atoms with Crippen LogP contribution in [0.4, 0.5) is 0 Å². The van der Waals surface area contributed by atoms with Crippen molar-refractivity contribution in [2.24, 2.45) is 0 Å². The molecule has 0 aliphatic heterocycles. The minimum absolute atomic E-state index is 0.152. The molecule has 1 aliphatic rings. The molecule has 0 amide bonds. The minimum atomic E-state index is -0.314. The zero-order valence-electron chi connectivity index (χ0n) is 6.58. The first-order valence-electron chi connectivity index (χ1n) is 3.62. The molecule has 1 rings (SSSR count). The van der Waals surface area contributed by atoms with Gasteiger partial charge in [0.2, 0.25) is 0 Å². The fourth-order valence-electron chi connectivity index (χ4n) is 1.05. The van der Waals surface area contributed by atoms with Crippen LogP contribution in [0.2, 0.25) is 0 Å². The molecule has 64 valence electrons. The number of aliphatic hydroxyl groups excluding tert-OH is 2. The topological polar surface area (TPSA) is 57.5 Å². The summed E-state index contributed by atoms with van der Waals surface area (Å²) in [4.78, 5) is 11.1. The standard InChI is InChI=1S/C9H10O3/c1-2-3-6-7(10)4-5-8(11)9(6)12/h2,5,11-12H,1,3-4H2. The van der Waals surface area contributed by atoms with Gasteiger partial charge in [-0.05, 0) is 12.5 Å². The van der Waals surface area contributed by atoms with E-state index in [0.29, 0.717) is 6.42 Å². The first-order valence-corrected chi connectivity index (χ1v) is 3.62. The van der Waals surface area contributed by atoms with Crippen LogP contribution in [0.15, 0.2) is 35.8 Å². The second kappa shape index (κ2) is 3.26. The van der Waals surface area contributed by atoms with E-state index in [1.54, 1.807) is 0 Å². The third-order valence-electron chi connectivity index (χ3n) is 1.69. The summed E-state index contributed by atoms with van der Waals surface area (Å²) in [6, 6.07) is 0. The highest BCUT2D eigenvalue weighted by Gasteiger charge is 2.20. The van der Waals surface area contributed by atoms with Crippen molar-refractivity contribution in [3.8, 4) is 0 Å². The monoisotopic (exact) mass is 166 g/mol. The van der Waals surface area contributed by atoms with Crippen molar-refractivity contribution in [2.45, 2.75) is 12.8 Å². The predicted octanol–water partition coefficient (Wildman–Crippen LogP) is 1.79. The van der Waals surface area contributed by atoms with Crippen molar-refractivity contribution >= 4 is 5.78 Å². The van der Waals surface area contributed by atoms with Gasteiger partial charge in [-0.15, -0.1) is 6.58 Å². The van der Waals surface area contributed by atoms with Crippen molar-refractivity contribution in [1.82, 2.24) is 0 Å². The Morgan fingerprint density at radius 2 is 2.25 bits per heavy atom. The van der Waals surface area contributed by atoms with E-state index in [4.69, 9.17) is 5.11 Å². The van der Waals surface area contributed by atoms with Crippen LogP contribution in [0.1, 0.15) is 12.8 Å².